The third-order valence-electron chi connectivity index (χ3n) is 5.21. The second-order valence-electron chi connectivity index (χ2n) is 7.55. The molecule has 1 aliphatic heterocycles. The second-order valence-corrected chi connectivity index (χ2v) is 9.91. The number of anilines is 1. The van der Waals surface area contributed by atoms with Crippen LogP contribution in [0.1, 0.15) is 28.9 Å². The first kappa shape index (κ1) is 20.7. The highest BCUT2D eigenvalue weighted by molar-refractivity contribution is 7.91. The van der Waals surface area contributed by atoms with Crippen LogP contribution in [-0.2, 0) is 16.9 Å². The molecular weight excluding hydrogens is 428 g/mol. The summed E-state index contributed by atoms with van der Waals surface area (Å²) in [5.74, 6) is 5.69. The Morgan fingerprint density at radius 3 is 2.53 bits per heavy atom. The number of aromatic nitrogens is 2. The molecule has 1 atom stereocenters. The normalized spacial score (nSPS) is 18.8. The average molecular weight is 449 g/mol. The number of amides is 1. The van der Waals surface area contributed by atoms with Gasteiger partial charge in [-0.25, -0.2) is 8.42 Å². The fourth-order valence-corrected chi connectivity index (χ4v) is 5.32. The van der Waals surface area contributed by atoms with Crippen molar-refractivity contribution in [3.8, 4) is 11.8 Å². The molecule has 1 N–H and O–H groups in total. The molecule has 1 aliphatic carbocycles. The van der Waals surface area contributed by atoms with E-state index in [0.717, 1.165) is 23.3 Å². The SMILES string of the molecule is CN1C(=O)c2c(nc(S(=O)(=O)CC3CC3)n2C)N(CC#Cc2ccc(Cl)cc2)C1O. The van der Waals surface area contributed by atoms with Crippen LogP contribution in [0.5, 0.6) is 0 Å². The van der Waals surface area contributed by atoms with Crippen molar-refractivity contribution >= 4 is 33.2 Å². The standard InChI is InChI=1S/C20H21ClN4O4S/c1-23-16-17(22-19(23)30(28,29)12-14-5-6-14)25(20(27)24(2)18(16)26)11-3-4-13-7-9-15(21)10-8-13/h7-10,14,20,27H,5-6,11-12H2,1-2H3. The van der Waals surface area contributed by atoms with Gasteiger partial charge in [0.15, 0.2) is 11.5 Å². The van der Waals surface area contributed by atoms with Crippen LogP contribution in [0.25, 0.3) is 0 Å². The lowest BCUT2D eigenvalue weighted by atomic mass is 10.2. The molecule has 1 unspecified atom stereocenters. The molecule has 2 heterocycles. The summed E-state index contributed by atoms with van der Waals surface area (Å²) in [6.45, 7) is 0.0491. The van der Waals surface area contributed by atoms with Gasteiger partial charge >= 0.3 is 0 Å². The number of aliphatic hydroxyl groups is 1. The molecule has 0 spiro atoms. The minimum absolute atomic E-state index is 0.0136. The quantitative estimate of drug-likeness (QED) is 0.712. The summed E-state index contributed by atoms with van der Waals surface area (Å²) in [7, 11) is -0.695. The maximum atomic E-state index is 12.8. The van der Waals surface area contributed by atoms with Gasteiger partial charge in [-0.3, -0.25) is 9.69 Å². The van der Waals surface area contributed by atoms with E-state index in [1.54, 1.807) is 24.3 Å². The Hall–Kier alpha value is -2.54. The van der Waals surface area contributed by atoms with Gasteiger partial charge in [-0.1, -0.05) is 23.4 Å². The molecule has 4 rings (SSSR count). The molecule has 2 aliphatic rings. The van der Waals surface area contributed by atoms with Crippen LogP contribution in [0.4, 0.5) is 5.82 Å². The van der Waals surface area contributed by atoms with Crippen LogP contribution in [0.2, 0.25) is 5.02 Å². The monoisotopic (exact) mass is 448 g/mol. The molecule has 10 heteroatoms. The summed E-state index contributed by atoms with van der Waals surface area (Å²) < 4.78 is 26.9. The number of halogens is 1. The molecule has 158 valence electrons. The Labute approximate surface area is 180 Å². The summed E-state index contributed by atoms with van der Waals surface area (Å²) >= 11 is 5.88. The van der Waals surface area contributed by atoms with Gasteiger partial charge in [-0.05, 0) is 43.0 Å². The van der Waals surface area contributed by atoms with Gasteiger partial charge in [0.2, 0.25) is 21.3 Å². The van der Waals surface area contributed by atoms with E-state index in [4.69, 9.17) is 11.6 Å². The smallest absolute Gasteiger partial charge is 0.277 e. The predicted octanol–water partition coefficient (Wildman–Crippen LogP) is 1.48. The van der Waals surface area contributed by atoms with E-state index in [0.29, 0.717) is 5.02 Å². The van der Waals surface area contributed by atoms with Crippen LogP contribution < -0.4 is 4.90 Å². The van der Waals surface area contributed by atoms with Crippen molar-refractivity contribution in [3.05, 3.63) is 40.5 Å². The van der Waals surface area contributed by atoms with Crippen LogP contribution in [0.3, 0.4) is 0 Å². The molecule has 8 nitrogen and oxygen atoms in total. The van der Waals surface area contributed by atoms with Crippen molar-refractivity contribution < 1.29 is 18.3 Å². The molecule has 30 heavy (non-hydrogen) atoms. The summed E-state index contributed by atoms with van der Waals surface area (Å²) in [6.07, 6.45) is 0.463. The second kappa shape index (κ2) is 7.61. The summed E-state index contributed by atoms with van der Waals surface area (Å²) in [5.41, 5.74) is 0.856. The number of rotatable bonds is 4. The average Bonchev–Trinajstić information content (AvgIpc) is 3.43. The van der Waals surface area contributed by atoms with E-state index in [2.05, 4.69) is 16.8 Å². The Balaban J connectivity index is 1.69. The van der Waals surface area contributed by atoms with Gasteiger partial charge in [-0.15, -0.1) is 0 Å². The highest BCUT2D eigenvalue weighted by Gasteiger charge is 2.41. The third-order valence-corrected chi connectivity index (χ3v) is 7.30. The van der Waals surface area contributed by atoms with E-state index in [1.165, 1.54) is 23.6 Å². The number of hydrogen-bond donors (Lipinski definition) is 1. The zero-order chi connectivity index (χ0) is 21.6. The number of imidazole rings is 1. The van der Waals surface area contributed by atoms with Crippen LogP contribution in [0.15, 0.2) is 29.4 Å². The Morgan fingerprint density at radius 1 is 1.23 bits per heavy atom. The van der Waals surface area contributed by atoms with Gasteiger partial charge in [0.1, 0.15) is 0 Å². The predicted molar refractivity (Wildman–Crippen MR) is 112 cm³/mol. The highest BCUT2D eigenvalue weighted by Crippen LogP contribution is 2.35. The van der Waals surface area contributed by atoms with Crippen LogP contribution in [0, 0.1) is 17.8 Å². The van der Waals surface area contributed by atoms with Gasteiger partial charge in [0.25, 0.3) is 5.91 Å². The first-order valence-corrected chi connectivity index (χ1v) is 11.5. The molecule has 1 fully saturated rings. The number of sulfone groups is 1. The fourth-order valence-electron chi connectivity index (χ4n) is 3.36. The molecule has 2 aromatic rings. The molecule has 0 radical (unpaired) electrons. The van der Waals surface area contributed by atoms with E-state index >= 15 is 0 Å². The largest absolute Gasteiger partial charge is 0.356 e. The number of aliphatic hydroxyl groups excluding tert-OH is 1. The molecule has 1 saturated carbocycles. The first-order valence-electron chi connectivity index (χ1n) is 9.45. The minimum Gasteiger partial charge on any atom is -0.356 e. The molecule has 1 aromatic heterocycles. The maximum Gasteiger partial charge on any atom is 0.277 e. The lowest BCUT2D eigenvalue weighted by molar-refractivity contribution is 0.0139. The fraction of sp³-hybridized carbons (Fsp3) is 0.400. The number of carbonyl (C=O) groups excluding carboxylic acids is 1. The Kier molecular flexibility index (Phi) is 5.26. The number of benzene rings is 1. The number of carbonyl (C=O) groups is 1. The van der Waals surface area contributed by atoms with Gasteiger partial charge in [0, 0.05) is 24.7 Å². The summed E-state index contributed by atoms with van der Waals surface area (Å²) in [6, 6.07) is 6.99. The van der Waals surface area contributed by atoms with E-state index in [1.807, 2.05) is 0 Å². The van der Waals surface area contributed by atoms with Crippen molar-refractivity contribution in [3.63, 3.8) is 0 Å². The third kappa shape index (κ3) is 3.78. The Bertz CT molecular complexity index is 1160. The van der Waals surface area contributed by atoms with Crippen molar-refractivity contribution in [1.29, 1.82) is 0 Å². The topological polar surface area (TPSA) is 95.7 Å². The maximum absolute atomic E-state index is 12.8. The molecule has 0 bridgehead atoms. The van der Waals surface area contributed by atoms with Gasteiger partial charge < -0.3 is 14.6 Å². The van der Waals surface area contributed by atoms with Crippen molar-refractivity contribution in [1.82, 2.24) is 14.5 Å². The summed E-state index contributed by atoms with van der Waals surface area (Å²) in [4.78, 5) is 19.5. The number of nitrogens with zero attached hydrogens (tertiary/aromatic N) is 4. The zero-order valence-electron chi connectivity index (χ0n) is 16.5. The van der Waals surface area contributed by atoms with E-state index < -0.39 is 22.1 Å². The number of hydrogen-bond acceptors (Lipinski definition) is 6. The first-order chi connectivity index (χ1) is 14.2. The van der Waals surface area contributed by atoms with E-state index in [-0.39, 0.29) is 34.9 Å². The molecule has 1 amide bonds. The lowest BCUT2D eigenvalue weighted by Crippen LogP contribution is -2.54. The summed E-state index contributed by atoms with van der Waals surface area (Å²) in [5, 5.41) is 11.0. The van der Waals surface area contributed by atoms with Crippen LogP contribution in [-0.4, -0.2) is 59.6 Å². The Morgan fingerprint density at radius 2 is 1.90 bits per heavy atom. The van der Waals surface area contributed by atoms with Crippen molar-refractivity contribution in [2.24, 2.45) is 13.0 Å². The zero-order valence-corrected chi connectivity index (χ0v) is 18.1. The van der Waals surface area contributed by atoms with Crippen LogP contribution >= 0.6 is 11.6 Å². The molecular formula is C20H21ClN4O4S. The van der Waals surface area contributed by atoms with Crippen molar-refractivity contribution in [2.45, 2.75) is 24.3 Å². The highest BCUT2D eigenvalue weighted by atomic mass is 35.5. The van der Waals surface area contributed by atoms with Crippen molar-refractivity contribution in [2.75, 3.05) is 24.2 Å². The molecule has 0 saturated heterocycles. The lowest BCUT2D eigenvalue weighted by Gasteiger charge is -2.37. The molecule has 1 aromatic carbocycles. The minimum atomic E-state index is -3.65. The van der Waals surface area contributed by atoms with E-state index in [9.17, 15) is 18.3 Å². The van der Waals surface area contributed by atoms with Gasteiger partial charge in [0.05, 0.1) is 12.3 Å². The number of fused-ring (bicyclic) bond motifs is 1. The van der Waals surface area contributed by atoms with Gasteiger partial charge in [-0.2, -0.15) is 4.98 Å².